The molecule has 0 radical (unpaired) electrons. The summed E-state index contributed by atoms with van der Waals surface area (Å²) in [6.07, 6.45) is 5.67. The van der Waals surface area contributed by atoms with Gasteiger partial charge in [0.05, 0.1) is 11.0 Å². The molecule has 0 saturated heterocycles. The summed E-state index contributed by atoms with van der Waals surface area (Å²) in [6.45, 7) is 0. The van der Waals surface area contributed by atoms with Crippen LogP contribution in [0.2, 0.25) is 0 Å². The van der Waals surface area contributed by atoms with E-state index in [0.717, 1.165) is 51.5 Å². The molecule has 9 rings (SSSR count). The van der Waals surface area contributed by atoms with E-state index in [1.165, 1.54) is 44.5 Å². The molecule has 2 aliphatic carbocycles. The van der Waals surface area contributed by atoms with E-state index < -0.39 is 0 Å². The normalized spacial score (nSPS) is 13.5. The minimum absolute atomic E-state index is 0.877. The fraction of sp³-hybridized carbons (Fsp3) is 0.0645. The first kappa shape index (κ1) is 17.8. The second-order valence-corrected chi connectivity index (χ2v) is 9.68. The molecule has 0 saturated carbocycles. The highest BCUT2D eigenvalue weighted by atomic mass is 15.1. The van der Waals surface area contributed by atoms with E-state index in [-0.39, 0.29) is 0 Å². The van der Waals surface area contributed by atoms with Crippen molar-refractivity contribution in [2.75, 3.05) is 0 Å². The third-order valence-electron chi connectivity index (χ3n) is 7.91. The highest BCUT2D eigenvalue weighted by Crippen LogP contribution is 2.49. The fourth-order valence-electron chi connectivity index (χ4n) is 6.46. The summed E-state index contributed by atoms with van der Waals surface area (Å²) in [4.78, 5) is 14.5. The van der Waals surface area contributed by atoms with Crippen LogP contribution in [-0.4, -0.2) is 19.4 Å². The maximum atomic E-state index is 5.03. The molecule has 0 spiro atoms. The summed E-state index contributed by atoms with van der Waals surface area (Å²) in [5.41, 5.74) is 16.0. The summed E-state index contributed by atoms with van der Waals surface area (Å²) < 4.78 is 2.17. The molecule has 2 aliphatic rings. The van der Waals surface area contributed by atoms with Gasteiger partial charge in [-0.2, -0.15) is 0 Å². The zero-order chi connectivity index (χ0) is 22.7. The van der Waals surface area contributed by atoms with Crippen molar-refractivity contribution in [3.63, 3.8) is 0 Å². The molecule has 0 fully saturated rings. The zero-order valence-electron chi connectivity index (χ0n) is 18.8. The van der Waals surface area contributed by atoms with Gasteiger partial charge in [-0.25, -0.2) is 9.97 Å². The van der Waals surface area contributed by atoms with Crippen molar-refractivity contribution in [3.05, 3.63) is 107 Å². The van der Waals surface area contributed by atoms with E-state index >= 15 is 0 Å². The number of pyridine rings is 3. The average Bonchev–Trinajstić information content (AvgIpc) is 3.58. The Morgan fingerprint density at radius 3 is 2.54 bits per heavy atom. The molecule has 3 aromatic carbocycles. The van der Waals surface area contributed by atoms with Crippen LogP contribution in [0.3, 0.4) is 0 Å². The molecule has 4 heteroatoms. The standard InChI is InChI=1S/C31H18N4/c1-2-6-20-17(5-1)14-23-21(20)10-9-18-13-19-15-25-24(16-22(19)28(18)23)29-27(8-4-11-32-29)35-30(25)34-26-7-3-12-33-31(26)35/h1-12,15-16H,13-14H2. The number of aromatic nitrogens is 4. The number of hydrogen-bond acceptors (Lipinski definition) is 3. The third-order valence-corrected chi connectivity index (χ3v) is 7.91. The smallest absolute Gasteiger partial charge is 0.165 e. The number of fused-ring (bicyclic) bond motifs is 15. The van der Waals surface area contributed by atoms with Crippen molar-refractivity contribution in [2.45, 2.75) is 12.8 Å². The number of rotatable bonds is 0. The Labute approximate surface area is 200 Å². The van der Waals surface area contributed by atoms with E-state index in [0.29, 0.717) is 0 Å². The van der Waals surface area contributed by atoms with Crippen LogP contribution >= 0.6 is 0 Å². The van der Waals surface area contributed by atoms with Gasteiger partial charge in [0.2, 0.25) is 0 Å². The molecule has 162 valence electrons. The lowest BCUT2D eigenvalue weighted by Gasteiger charge is -2.12. The van der Waals surface area contributed by atoms with Crippen LogP contribution in [0.1, 0.15) is 22.3 Å². The molecule has 0 atom stereocenters. The van der Waals surface area contributed by atoms with Gasteiger partial charge < -0.3 is 0 Å². The van der Waals surface area contributed by atoms with Crippen LogP contribution < -0.4 is 0 Å². The number of benzene rings is 3. The van der Waals surface area contributed by atoms with Crippen molar-refractivity contribution in [2.24, 2.45) is 0 Å². The van der Waals surface area contributed by atoms with Crippen molar-refractivity contribution >= 4 is 38.6 Å². The molecule has 0 aliphatic heterocycles. The lowest BCUT2D eigenvalue weighted by Crippen LogP contribution is -1.95. The molecule has 4 aromatic heterocycles. The van der Waals surface area contributed by atoms with Crippen LogP contribution in [0, 0.1) is 0 Å². The molecular formula is C31H18N4. The van der Waals surface area contributed by atoms with Gasteiger partial charge in [0.25, 0.3) is 0 Å². The van der Waals surface area contributed by atoms with Crippen molar-refractivity contribution in [1.29, 1.82) is 0 Å². The first-order valence-corrected chi connectivity index (χ1v) is 12.0. The Morgan fingerprint density at radius 2 is 1.54 bits per heavy atom. The quantitative estimate of drug-likeness (QED) is 0.243. The predicted octanol–water partition coefficient (Wildman–Crippen LogP) is 6.73. The van der Waals surface area contributed by atoms with Gasteiger partial charge in [-0.1, -0.05) is 36.4 Å². The van der Waals surface area contributed by atoms with Gasteiger partial charge >= 0.3 is 0 Å². The van der Waals surface area contributed by atoms with Crippen LogP contribution in [0.25, 0.3) is 60.9 Å². The topological polar surface area (TPSA) is 43.1 Å². The molecule has 7 aromatic rings. The fourth-order valence-corrected chi connectivity index (χ4v) is 6.46. The summed E-state index contributed by atoms with van der Waals surface area (Å²) in [6, 6.07) is 26.3. The summed E-state index contributed by atoms with van der Waals surface area (Å²) >= 11 is 0. The Morgan fingerprint density at radius 1 is 0.629 bits per heavy atom. The van der Waals surface area contributed by atoms with Crippen LogP contribution in [0.15, 0.2) is 85.2 Å². The molecule has 4 nitrogen and oxygen atoms in total. The Balaban J connectivity index is 1.41. The second-order valence-electron chi connectivity index (χ2n) is 9.68. The Bertz CT molecular complexity index is 2070. The Kier molecular flexibility index (Phi) is 3.11. The van der Waals surface area contributed by atoms with E-state index in [9.17, 15) is 0 Å². The van der Waals surface area contributed by atoms with Crippen molar-refractivity contribution in [3.8, 4) is 22.3 Å². The molecule has 35 heavy (non-hydrogen) atoms. The van der Waals surface area contributed by atoms with Crippen molar-refractivity contribution in [1.82, 2.24) is 19.4 Å². The maximum Gasteiger partial charge on any atom is 0.165 e. The van der Waals surface area contributed by atoms with Crippen LogP contribution in [0.5, 0.6) is 0 Å². The molecule has 0 amide bonds. The summed E-state index contributed by atoms with van der Waals surface area (Å²) in [7, 11) is 0. The highest BCUT2D eigenvalue weighted by Gasteiger charge is 2.29. The minimum atomic E-state index is 0.877. The largest absolute Gasteiger partial charge is 0.274 e. The van der Waals surface area contributed by atoms with Gasteiger partial charge in [0.15, 0.2) is 5.65 Å². The van der Waals surface area contributed by atoms with Gasteiger partial charge in [0, 0.05) is 23.2 Å². The van der Waals surface area contributed by atoms with Gasteiger partial charge in [-0.3, -0.25) is 9.38 Å². The van der Waals surface area contributed by atoms with Crippen LogP contribution in [0.4, 0.5) is 0 Å². The van der Waals surface area contributed by atoms with Crippen LogP contribution in [-0.2, 0) is 12.8 Å². The highest BCUT2D eigenvalue weighted by molar-refractivity contribution is 6.14. The second kappa shape index (κ2) is 6.10. The van der Waals surface area contributed by atoms with E-state index in [4.69, 9.17) is 9.97 Å². The zero-order valence-corrected chi connectivity index (χ0v) is 18.8. The first-order valence-electron chi connectivity index (χ1n) is 12.0. The van der Waals surface area contributed by atoms with Gasteiger partial charge in [0.1, 0.15) is 11.2 Å². The first-order chi connectivity index (χ1) is 17.3. The monoisotopic (exact) mass is 446 g/mol. The summed E-state index contributed by atoms with van der Waals surface area (Å²) in [5.74, 6) is 0. The molecule has 0 bridgehead atoms. The predicted molar refractivity (Wildman–Crippen MR) is 140 cm³/mol. The van der Waals surface area contributed by atoms with Crippen molar-refractivity contribution < 1.29 is 0 Å². The lowest BCUT2D eigenvalue weighted by atomic mass is 9.94. The molecule has 0 unspecified atom stereocenters. The number of nitrogens with zero attached hydrogens (tertiary/aromatic N) is 4. The summed E-state index contributed by atoms with van der Waals surface area (Å²) in [5, 5.41) is 2.30. The van der Waals surface area contributed by atoms with Gasteiger partial charge in [-0.05, 0) is 93.7 Å². The number of hydrogen-bond donors (Lipinski definition) is 0. The molecule has 4 heterocycles. The van der Waals surface area contributed by atoms with Gasteiger partial charge in [-0.15, -0.1) is 0 Å². The minimum Gasteiger partial charge on any atom is -0.274 e. The van der Waals surface area contributed by atoms with E-state index in [1.54, 1.807) is 0 Å². The third kappa shape index (κ3) is 2.15. The lowest BCUT2D eigenvalue weighted by molar-refractivity contribution is 1.23. The SMILES string of the molecule is c1ccc2c(c1)Cc1c-2ccc2c1-c1cc3c(cc1C2)c1nc2cccnc2n1c1cccnc31. The number of imidazole rings is 1. The Hall–Kier alpha value is -4.57. The van der Waals surface area contributed by atoms with E-state index in [1.807, 2.05) is 30.6 Å². The maximum absolute atomic E-state index is 5.03. The molecule has 0 N–H and O–H groups in total. The average molecular weight is 447 g/mol. The van der Waals surface area contributed by atoms with E-state index in [2.05, 4.69) is 64.0 Å². The molecular weight excluding hydrogens is 428 g/mol.